The van der Waals surface area contributed by atoms with Crippen molar-refractivity contribution in [3.8, 4) is 0 Å². The number of nitrogens with zero attached hydrogens (tertiary/aromatic N) is 1. The highest BCUT2D eigenvalue weighted by Gasteiger charge is 2.61. The Labute approximate surface area is 111 Å². The minimum Gasteiger partial charge on any atom is -0.317 e. The molecular formula is C14H18N2OS. The van der Waals surface area contributed by atoms with Crippen LogP contribution in [0.25, 0.3) is 0 Å². The van der Waals surface area contributed by atoms with Crippen LogP contribution in [0.15, 0.2) is 17.5 Å². The van der Waals surface area contributed by atoms with E-state index in [1.165, 1.54) is 17.7 Å². The van der Waals surface area contributed by atoms with Crippen molar-refractivity contribution < 1.29 is 4.79 Å². The standard InChI is InChI=1S/C14H18N2OS/c1-9(10-4-5-10)16-12(11-3-2-8-18-11)15-14(6-7-14)13(16)17/h2-3,8-10,12,15H,4-7H2,1H3. The summed E-state index contributed by atoms with van der Waals surface area (Å²) < 4.78 is 0. The van der Waals surface area contributed by atoms with E-state index in [1.807, 2.05) is 0 Å². The number of hydrogen-bond acceptors (Lipinski definition) is 3. The van der Waals surface area contributed by atoms with Gasteiger partial charge in [-0.25, -0.2) is 0 Å². The lowest BCUT2D eigenvalue weighted by Crippen LogP contribution is -2.39. The number of amides is 1. The fourth-order valence-electron chi connectivity index (χ4n) is 3.12. The van der Waals surface area contributed by atoms with Gasteiger partial charge < -0.3 is 4.90 Å². The van der Waals surface area contributed by atoms with Gasteiger partial charge in [-0.15, -0.1) is 11.3 Å². The first kappa shape index (κ1) is 11.0. The zero-order valence-corrected chi connectivity index (χ0v) is 11.4. The van der Waals surface area contributed by atoms with Gasteiger partial charge in [0.15, 0.2) is 0 Å². The summed E-state index contributed by atoms with van der Waals surface area (Å²) in [6.07, 6.45) is 4.73. The highest BCUT2D eigenvalue weighted by atomic mass is 32.1. The van der Waals surface area contributed by atoms with Crippen molar-refractivity contribution in [2.75, 3.05) is 0 Å². The molecule has 18 heavy (non-hydrogen) atoms. The first-order chi connectivity index (χ1) is 8.71. The molecule has 1 amide bonds. The number of carbonyl (C=O) groups excluding carboxylic acids is 1. The van der Waals surface area contributed by atoms with Gasteiger partial charge in [0.05, 0.1) is 0 Å². The third-order valence-electron chi connectivity index (χ3n) is 4.64. The SMILES string of the molecule is CC(C1CC1)N1C(=O)C2(CC2)NC1c1cccs1. The molecule has 1 aromatic rings. The fourth-order valence-corrected chi connectivity index (χ4v) is 3.89. The van der Waals surface area contributed by atoms with E-state index in [-0.39, 0.29) is 11.7 Å². The molecular weight excluding hydrogens is 244 g/mol. The van der Waals surface area contributed by atoms with E-state index in [0.717, 1.165) is 18.8 Å². The minimum absolute atomic E-state index is 0.121. The largest absolute Gasteiger partial charge is 0.317 e. The van der Waals surface area contributed by atoms with Gasteiger partial charge >= 0.3 is 0 Å². The van der Waals surface area contributed by atoms with Crippen molar-refractivity contribution in [1.29, 1.82) is 0 Å². The van der Waals surface area contributed by atoms with Crippen LogP contribution in [0.1, 0.15) is 43.6 Å². The Bertz CT molecular complexity index is 476. The quantitative estimate of drug-likeness (QED) is 0.907. The predicted molar refractivity (Wildman–Crippen MR) is 71.2 cm³/mol. The maximum atomic E-state index is 12.6. The van der Waals surface area contributed by atoms with Crippen molar-refractivity contribution in [1.82, 2.24) is 10.2 Å². The molecule has 1 N–H and O–H groups in total. The number of rotatable bonds is 3. The van der Waals surface area contributed by atoms with Crippen molar-refractivity contribution >= 4 is 17.2 Å². The Morgan fingerprint density at radius 3 is 2.83 bits per heavy atom. The second-order valence-corrected chi connectivity index (χ2v) is 6.91. The van der Waals surface area contributed by atoms with Gasteiger partial charge in [-0.05, 0) is 50.0 Å². The Hall–Kier alpha value is -0.870. The third-order valence-corrected chi connectivity index (χ3v) is 5.57. The average molecular weight is 262 g/mol. The molecule has 1 spiro atoms. The maximum Gasteiger partial charge on any atom is 0.244 e. The van der Waals surface area contributed by atoms with Crippen LogP contribution in [0.4, 0.5) is 0 Å². The van der Waals surface area contributed by atoms with E-state index < -0.39 is 0 Å². The molecule has 2 saturated carbocycles. The number of thiophene rings is 1. The number of nitrogens with one attached hydrogen (secondary N) is 1. The van der Waals surface area contributed by atoms with Gasteiger partial charge in [0, 0.05) is 10.9 Å². The molecule has 1 aromatic heterocycles. The predicted octanol–water partition coefficient (Wildman–Crippen LogP) is 2.51. The summed E-state index contributed by atoms with van der Waals surface area (Å²) in [5.74, 6) is 1.08. The van der Waals surface area contributed by atoms with Crippen molar-refractivity contribution in [2.45, 2.75) is 50.4 Å². The summed E-state index contributed by atoms with van der Waals surface area (Å²) in [5, 5.41) is 5.69. The molecule has 1 saturated heterocycles. The summed E-state index contributed by atoms with van der Waals surface area (Å²) in [4.78, 5) is 16.0. The Morgan fingerprint density at radius 2 is 2.28 bits per heavy atom. The molecule has 3 aliphatic rings. The average Bonchev–Trinajstić information content (AvgIpc) is 3.26. The van der Waals surface area contributed by atoms with E-state index >= 15 is 0 Å². The summed E-state index contributed by atoms with van der Waals surface area (Å²) in [6.45, 7) is 2.22. The van der Waals surface area contributed by atoms with Crippen LogP contribution < -0.4 is 5.32 Å². The maximum absolute atomic E-state index is 12.6. The van der Waals surface area contributed by atoms with Crippen LogP contribution in [0, 0.1) is 5.92 Å². The fraction of sp³-hybridized carbons (Fsp3) is 0.643. The lowest BCUT2D eigenvalue weighted by atomic mass is 10.1. The zero-order chi connectivity index (χ0) is 12.3. The first-order valence-electron chi connectivity index (χ1n) is 6.85. The normalized spacial score (nSPS) is 31.1. The van der Waals surface area contributed by atoms with E-state index in [2.05, 4.69) is 34.7 Å². The molecule has 3 fully saturated rings. The highest BCUT2D eigenvalue weighted by molar-refractivity contribution is 7.10. The molecule has 4 rings (SSSR count). The Balaban J connectivity index is 1.69. The first-order valence-corrected chi connectivity index (χ1v) is 7.73. The molecule has 2 atom stereocenters. The van der Waals surface area contributed by atoms with E-state index in [1.54, 1.807) is 11.3 Å². The highest BCUT2D eigenvalue weighted by Crippen LogP contribution is 2.49. The van der Waals surface area contributed by atoms with Gasteiger partial charge in [-0.1, -0.05) is 6.07 Å². The monoisotopic (exact) mass is 262 g/mol. The molecule has 2 unspecified atom stereocenters. The zero-order valence-electron chi connectivity index (χ0n) is 10.6. The van der Waals surface area contributed by atoms with Crippen molar-refractivity contribution in [2.24, 2.45) is 5.92 Å². The number of carbonyl (C=O) groups is 1. The van der Waals surface area contributed by atoms with E-state index in [0.29, 0.717) is 11.9 Å². The molecule has 96 valence electrons. The second kappa shape index (κ2) is 3.58. The second-order valence-electron chi connectivity index (χ2n) is 5.93. The van der Waals surface area contributed by atoms with Crippen LogP contribution in [-0.2, 0) is 4.79 Å². The van der Waals surface area contributed by atoms with Crippen LogP contribution in [0.3, 0.4) is 0 Å². The lowest BCUT2D eigenvalue weighted by molar-refractivity contribution is -0.133. The van der Waals surface area contributed by atoms with E-state index in [4.69, 9.17) is 0 Å². The van der Waals surface area contributed by atoms with Gasteiger partial charge in [0.25, 0.3) is 0 Å². The van der Waals surface area contributed by atoms with Crippen LogP contribution >= 0.6 is 11.3 Å². The van der Waals surface area contributed by atoms with Crippen molar-refractivity contribution in [3.05, 3.63) is 22.4 Å². The Kier molecular flexibility index (Phi) is 2.19. The molecule has 4 heteroatoms. The molecule has 2 aliphatic carbocycles. The van der Waals surface area contributed by atoms with Crippen LogP contribution in [0.2, 0.25) is 0 Å². The van der Waals surface area contributed by atoms with Crippen LogP contribution in [0.5, 0.6) is 0 Å². The topological polar surface area (TPSA) is 32.3 Å². The molecule has 0 aromatic carbocycles. The lowest BCUT2D eigenvalue weighted by Gasteiger charge is -2.30. The summed E-state index contributed by atoms with van der Waals surface area (Å²) in [6, 6.07) is 4.60. The number of hydrogen-bond donors (Lipinski definition) is 1. The smallest absolute Gasteiger partial charge is 0.244 e. The Morgan fingerprint density at radius 1 is 1.50 bits per heavy atom. The third kappa shape index (κ3) is 1.48. The molecule has 0 radical (unpaired) electrons. The molecule has 1 aliphatic heterocycles. The van der Waals surface area contributed by atoms with Crippen LogP contribution in [-0.4, -0.2) is 22.4 Å². The van der Waals surface area contributed by atoms with Crippen molar-refractivity contribution in [3.63, 3.8) is 0 Å². The summed E-state index contributed by atoms with van der Waals surface area (Å²) in [5.41, 5.74) is -0.197. The van der Waals surface area contributed by atoms with Gasteiger partial charge in [-0.2, -0.15) is 0 Å². The minimum atomic E-state index is -0.197. The van der Waals surface area contributed by atoms with E-state index in [9.17, 15) is 4.79 Å². The van der Waals surface area contributed by atoms with Gasteiger partial charge in [-0.3, -0.25) is 10.1 Å². The molecule has 2 heterocycles. The van der Waals surface area contributed by atoms with Gasteiger partial charge in [0.2, 0.25) is 5.91 Å². The van der Waals surface area contributed by atoms with Gasteiger partial charge in [0.1, 0.15) is 11.7 Å². The molecule has 0 bridgehead atoms. The summed E-state index contributed by atoms with van der Waals surface area (Å²) >= 11 is 1.75. The molecule has 3 nitrogen and oxygen atoms in total. The summed E-state index contributed by atoms with van der Waals surface area (Å²) in [7, 11) is 0.